The fraction of sp³-hybridized carbons (Fsp3) is 0.182. The third-order valence-electron chi connectivity index (χ3n) is 4.65. The maximum atomic E-state index is 12.9. The van der Waals surface area contributed by atoms with E-state index in [0.717, 1.165) is 22.6 Å². The number of rotatable bonds is 4. The second-order valence-electron chi connectivity index (χ2n) is 6.43. The van der Waals surface area contributed by atoms with Crippen molar-refractivity contribution in [1.82, 2.24) is 10.3 Å². The highest BCUT2D eigenvalue weighted by atomic mass is 16.5. The minimum atomic E-state index is -0.276. The molecule has 0 bridgehead atoms. The molecule has 0 radical (unpaired) electrons. The standard InChI is InChI=1S/C22H20N2O2/c25-22(18-14-17-10-4-5-12-20(17)26-15-18)24-21(16-8-2-1-3-9-16)19-11-6-7-13-23-19/h1-13,18,21H,14-15H2,(H,24,25). The van der Waals surface area contributed by atoms with Crippen molar-refractivity contribution in [3.8, 4) is 5.75 Å². The average Bonchev–Trinajstić information content (AvgIpc) is 2.72. The van der Waals surface area contributed by atoms with Crippen molar-refractivity contribution < 1.29 is 9.53 Å². The van der Waals surface area contributed by atoms with Crippen LogP contribution in [0.1, 0.15) is 22.9 Å². The van der Waals surface area contributed by atoms with Crippen molar-refractivity contribution in [3.63, 3.8) is 0 Å². The van der Waals surface area contributed by atoms with E-state index in [1.54, 1.807) is 6.20 Å². The molecule has 1 aliphatic heterocycles. The van der Waals surface area contributed by atoms with Crippen LogP contribution in [0.3, 0.4) is 0 Å². The van der Waals surface area contributed by atoms with Crippen LogP contribution in [0.4, 0.5) is 0 Å². The molecule has 0 spiro atoms. The number of carbonyl (C=O) groups excluding carboxylic acids is 1. The summed E-state index contributed by atoms with van der Waals surface area (Å²) in [5.41, 5.74) is 2.91. The van der Waals surface area contributed by atoms with Crippen LogP contribution in [0.2, 0.25) is 0 Å². The summed E-state index contributed by atoms with van der Waals surface area (Å²) in [4.78, 5) is 17.4. The number of ether oxygens (including phenoxy) is 1. The quantitative estimate of drug-likeness (QED) is 0.788. The van der Waals surface area contributed by atoms with Gasteiger partial charge < -0.3 is 10.1 Å². The number of pyridine rings is 1. The lowest BCUT2D eigenvalue weighted by atomic mass is 9.95. The zero-order valence-electron chi connectivity index (χ0n) is 14.3. The number of hydrogen-bond acceptors (Lipinski definition) is 3. The molecular formula is C22H20N2O2. The summed E-state index contributed by atoms with van der Waals surface area (Å²) in [6.45, 7) is 0.395. The number of para-hydroxylation sites is 1. The Hall–Kier alpha value is -3.14. The van der Waals surface area contributed by atoms with Crippen LogP contribution in [0.5, 0.6) is 5.75 Å². The molecule has 1 N–H and O–H groups in total. The fourth-order valence-corrected chi connectivity index (χ4v) is 3.28. The summed E-state index contributed by atoms with van der Waals surface area (Å²) in [5, 5.41) is 3.17. The largest absolute Gasteiger partial charge is 0.492 e. The zero-order chi connectivity index (χ0) is 17.8. The lowest BCUT2D eigenvalue weighted by Crippen LogP contribution is -2.39. The lowest BCUT2D eigenvalue weighted by Gasteiger charge is -2.27. The Bertz CT molecular complexity index is 841. The molecule has 1 amide bonds. The first-order valence-electron chi connectivity index (χ1n) is 8.78. The van der Waals surface area contributed by atoms with E-state index >= 15 is 0 Å². The topological polar surface area (TPSA) is 51.2 Å². The second kappa shape index (κ2) is 7.40. The monoisotopic (exact) mass is 344 g/mol. The molecule has 4 heteroatoms. The van der Waals surface area contributed by atoms with Crippen molar-refractivity contribution in [2.45, 2.75) is 12.5 Å². The molecular weight excluding hydrogens is 324 g/mol. The van der Waals surface area contributed by atoms with Gasteiger partial charge in [-0.05, 0) is 35.7 Å². The van der Waals surface area contributed by atoms with Gasteiger partial charge in [0, 0.05) is 6.20 Å². The first-order valence-corrected chi connectivity index (χ1v) is 8.78. The minimum absolute atomic E-state index is 0.0148. The Morgan fingerprint density at radius 3 is 2.58 bits per heavy atom. The number of nitrogens with one attached hydrogen (secondary N) is 1. The Kier molecular flexibility index (Phi) is 4.65. The van der Waals surface area contributed by atoms with E-state index in [1.165, 1.54) is 0 Å². The van der Waals surface area contributed by atoms with Crippen LogP contribution in [-0.4, -0.2) is 17.5 Å². The Labute approximate surface area is 152 Å². The van der Waals surface area contributed by atoms with Crippen LogP contribution in [-0.2, 0) is 11.2 Å². The molecule has 0 saturated heterocycles. The Morgan fingerprint density at radius 2 is 1.77 bits per heavy atom. The molecule has 2 aromatic carbocycles. The minimum Gasteiger partial charge on any atom is -0.492 e. The second-order valence-corrected chi connectivity index (χ2v) is 6.43. The first kappa shape index (κ1) is 16.3. The molecule has 0 saturated carbocycles. The molecule has 0 fully saturated rings. The van der Waals surface area contributed by atoms with Crippen LogP contribution in [0.15, 0.2) is 79.0 Å². The van der Waals surface area contributed by atoms with Gasteiger partial charge in [0.05, 0.1) is 17.7 Å². The summed E-state index contributed by atoms with van der Waals surface area (Å²) < 4.78 is 5.77. The van der Waals surface area contributed by atoms with E-state index in [2.05, 4.69) is 10.3 Å². The van der Waals surface area contributed by atoms with Gasteiger partial charge in [0.1, 0.15) is 12.4 Å². The van der Waals surface area contributed by atoms with Crippen molar-refractivity contribution in [3.05, 3.63) is 95.8 Å². The maximum absolute atomic E-state index is 12.9. The lowest BCUT2D eigenvalue weighted by molar-refractivity contribution is -0.126. The van der Waals surface area contributed by atoms with E-state index in [0.29, 0.717) is 13.0 Å². The zero-order valence-corrected chi connectivity index (χ0v) is 14.3. The third kappa shape index (κ3) is 3.45. The van der Waals surface area contributed by atoms with E-state index in [4.69, 9.17) is 4.74 Å². The highest BCUT2D eigenvalue weighted by Crippen LogP contribution is 2.28. The maximum Gasteiger partial charge on any atom is 0.227 e. The van der Waals surface area contributed by atoms with Gasteiger partial charge in [0.2, 0.25) is 5.91 Å². The summed E-state index contributed by atoms with van der Waals surface area (Å²) in [6, 6.07) is 23.3. The Balaban J connectivity index is 1.56. The molecule has 0 aliphatic carbocycles. The fourth-order valence-electron chi connectivity index (χ4n) is 3.28. The molecule has 4 nitrogen and oxygen atoms in total. The van der Waals surface area contributed by atoms with Crippen molar-refractivity contribution in [1.29, 1.82) is 0 Å². The molecule has 3 aromatic rings. The SMILES string of the molecule is O=C(NC(c1ccccc1)c1ccccn1)C1COc2ccccc2C1. The van der Waals surface area contributed by atoms with E-state index < -0.39 is 0 Å². The number of hydrogen-bond donors (Lipinski definition) is 1. The Morgan fingerprint density at radius 1 is 1.00 bits per heavy atom. The van der Waals surface area contributed by atoms with Crippen LogP contribution in [0, 0.1) is 5.92 Å². The predicted molar refractivity (Wildman–Crippen MR) is 99.8 cm³/mol. The van der Waals surface area contributed by atoms with Gasteiger partial charge in [0.15, 0.2) is 0 Å². The van der Waals surface area contributed by atoms with Gasteiger partial charge in [-0.3, -0.25) is 9.78 Å². The number of carbonyl (C=O) groups is 1. The smallest absolute Gasteiger partial charge is 0.227 e. The third-order valence-corrected chi connectivity index (χ3v) is 4.65. The number of benzene rings is 2. The number of amides is 1. The number of aromatic nitrogens is 1. The molecule has 1 aliphatic rings. The first-order chi connectivity index (χ1) is 12.8. The van der Waals surface area contributed by atoms with E-state index in [9.17, 15) is 4.79 Å². The van der Waals surface area contributed by atoms with Crippen LogP contribution in [0.25, 0.3) is 0 Å². The number of nitrogens with zero attached hydrogens (tertiary/aromatic N) is 1. The van der Waals surface area contributed by atoms with E-state index in [-0.39, 0.29) is 17.9 Å². The van der Waals surface area contributed by atoms with Crippen LogP contribution < -0.4 is 10.1 Å². The average molecular weight is 344 g/mol. The van der Waals surface area contributed by atoms with E-state index in [1.807, 2.05) is 72.8 Å². The normalized spacial score (nSPS) is 16.8. The molecule has 2 unspecified atom stereocenters. The summed E-state index contributed by atoms with van der Waals surface area (Å²) in [6.07, 6.45) is 2.43. The molecule has 130 valence electrons. The highest BCUT2D eigenvalue weighted by molar-refractivity contribution is 5.80. The van der Waals surface area contributed by atoms with Gasteiger partial charge in [-0.1, -0.05) is 54.6 Å². The highest BCUT2D eigenvalue weighted by Gasteiger charge is 2.28. The number of fused-ring (bicyclic) bond motifs is 1. The van der Waals surface area contributed by atoms with Crippen molar-refractivity contribution in [2.75, 3.05) is 6.61 Å². The van der Waals surface area contributed by atoms with Crippen molar-refractivity contribution in [2.24, 2.45) is 5.92 Å². The van der Waals surface area contributed by atoms with Gasteiger partial charge >= 0.3 is 0 Å². The van der Waals surface area contributed by atoms with Crippen LogP contribution >= 0.6 is 0 Å². The summed E-state index contributed by atoms with van der Waals surface area (Å²) in [7, 11) is 0. The molecule has 1 aromatic heterocycles. The van der Waals surface area contributed by atoms with Gasteiger partial charge in [-0.15, -0.1) is 0 Å². The van der Waals surface area contributed by atoms with Gasteiger partial charge in [-0.2, -0.15) is 0 Å². The van der Waals surface area contributed by atoms with Gasteiger partial charge in [-0.25, -0.2) is 0 Å². The summed E-state index contributed by atoms with van der Waals surface area (Å²) >= 11 is 0. The molecule has 26 heavy (non-hydrogen) atoms. The molecule has 2 atom stereocenters. The molecule has 2 heterocycles. The van der Waals surface area contributed by atoms with Gasteiger partial charge in [0.25, 0.3) is 0 Å². The summed E-state index contributed by atoms with van der Waals surface area (Å²) in [5.74, 6) is 0.653. The predicted octanol–water partition coefficient (Wildman–Crippen LogP) is 3.54. The molecule has 4 rings (SSSR count). The van der Waals surface area contributed by atoms with Crippen molar-refractivity contribution >= 4 is 5.91 Å².